The molecule has 82 valence electrons. The molecule has 1 saturated carbocycles. The molecule has 0 bridgehead atoms. The summed E-state index contributed by atoms with van der Waals surface area (Å²) >= 11 is 0. The molecule has 1 N–H and O–H groups in total. The van der Waals surface area contributed by atoms with Gasteiger partial charge in [-0.1, -0.05) is 6.92 Å². The molecule has 0 amide bonds. The summed E-state index contributed by atoms with van der Waals surface area (Å²) in [7, 11) is 1.43. The van der Waals surface area contributed by atoms with Crippen LogP contribution in [0.5, 0.6) is 0 Å². The normalized spacial score (nSPS) is 20.2. The summed E-state index contributed by atoms with van der Waals surface area (Å²) in [5.41, 5.74) is 0. The van der Waals surface area contributed by atoms with E-state index in [1.54, 1.807) is 0 Å². The highest BCUT2D eigenvalue weighted by Crippen LogP contribution is 2.36. The van der Waals surface area contributed by atoms with E-state index in [0.29, 0.717) is 6.42 Å². The molecule has 0 saturated heterocycles. The maximum atomic E-state index is 11.0. The molecule has 0 aliphatic heterocycles. The standard InChI is InChI=1S/C11H21NO2/c1-8(10-4-5-10)7-12-9(2)6-11(13)14-3/h8-10,12H,4-7H2,1-3H3. The summed E-state index contributed by atoms with van der Waals surface area (Å²) in [4.78, 5) is 11.0. The van der Waals surface area contributed by atoms with Crippen LogP contribution in [0, 0.1) is 11.8 Å². The molecular weight excluding hydrogens is 178 g/mol. The first-order valence-corrected chi connectivity index (χ1v) is 5.43. The predicted molar refractivity (Wildman–Crippen MR) is 56.0 cm³/mol. The summed E-state index contributed by atoms with van der Waals surface area (Å²) in [6.45, 7) is 5.31. The molecule has 14 heavy (non-hydrogen) atoms. The van der Waals surface area contributed by atoms with Gasteiger partial charge in [-0.05, 0) is 38.1 Å². The van der Waals surface area contributed by atoms with Crippen LogP contribution in [0.4, 0.5) is 0 Å². The van der Waals surface area contributed by atoms with Crippen LogP contribution in [0.25, 0.3) is 0 Å². The number of carbonyl (C=O) groups excluding carboxylic acids is 1. The SMILES string of the molecule is COC(=O)CC(C)NCC(C)C1CC1. The molecular formula is C11H21NO2. The molecule has 0 heterocycles. The lowest BCUT2D eigenvalue weighted by molar-refractivity contribution is -0.141. The van der Waals surface area contributed by atoms with Crippen LogP contribution in [0.2, 0.25) is 0 Å². The molecule has 1 aliphatic rings. The van der Waals surface area contributed by atoms with Gasteiger partial charge in [0.25, 0.3) is 0 Å². The van der Waals surface area contributed by atoms with Gasteiger partial charge in [0.2, 0.25) is 0 Å². The summed E-state index contributed by atoms with van der Waals surface area (Å²) in [6.07, 6.45) is 3.23. The molecule has 0 aromatic heterocycles. The number of esters is 1. The Morgan fingerprint density at radius 2 is 2.14 bits per heavy atom. The maximum Gasteiger partial charge on any atom is 0.307 e. The lowest BCUT2D eigenvalue weighted by Crippen LogP contribution is -2.33. The maximum absolute atomic E-state index is 11.0. The monoisotopic (exact) mass is 199 g/mol. The van der Waals surface area contributed by atoms with Crippen molar-refractivity contribution in [2.24, 2.45) is 11.8 Å². The zero-order valence-electron chi connectivity index (χ0n) is 9.38. The Morgan fingerprint density at radius 1 is 1.50 bits per heavy atom. The highest BCUT2D eigenvalue weighted by Gasteiger charge is 2.27. The number of methoxy groups -OCH3 is 1. The van der Waals surface area contributed by atoms with Gasteiger partial charge in [-0.15, -0.1) is 0 Å². The van der Waals surface area contributed by atoms with E-state index in [-0.39, 0.29) is 12.0 Å². The Hall–Kier alpha value is -0.570. The van der Waals surface area contributed by atoms with E-state index < -0.39 is 0 Å². The van der Waals surface area contributed by atoms with Crippen molar-refractivity contribution < 1.29 is 9.53 Å². The fraction of sp³-hybridized carbons (Fsp3) is 0.909. The Morgan fingerprint density at radius 3 is 2.64 bits per heavy atom. The van der Waals surface area contributed by atoms with Crippen molar-refractivity contribution in [2.45, 2.75) is 39.2 Å². The summed E-state index contributed by atoms with van der Waals surface area (Å²) in [6, 6.07) is 0.226. The first kappa shape index (κ1) is 11.5. The van der Waals surface area contributed by atoms with Crippen molar-refractivity contribution in [2.75, 3.05) is 13.7 Å². The largest absolute Gasteiger partial charge is 0.469 e. The molecule has 0 radical (unpaired) electrons. The number of rotatable bonds is 6. The average Bonchev–Trinajstić information content (AvgIpc) is 2.97. The van der Waals surface area contributed by atoms with Crippen LogP contribution in [0.1, 0.15) is 33.1 Å². The lowest BCUT2D eigenvalue weighted by Gasteiger charge is -2.16. The van der Waals surface area contributed by atoms with Gasteiger partial charge in [0.15, 0.2) is 0 Å². The topological polar surface area (TPSA) is 38.3 Å². The zero-order valence-corrected chi connectivity index (χ0v) is 9.38. The number of hydrogen-bond donors (Lipinski definition) is 1. The quantitative estimate of drug-likeness (QED) is 0.660. The average molecular weight is 199 g/mol. The minimum Gasteiger partial charge on any atom is -0.469 e. The second kappa shape index (κ2) is 5.35. The van der Waals surface area contributed by atoms with E-state index >= 15 is 0 Å². The first-order valence-electron chi connectivity index (χ1n) is 5.43. The second-order valence-corrected chi connectivity index (χ2v) is 4.40. The highest BCUT2D eigenvalue weighted by atomic mass is 16.5. The van der Waals surface area contributed by atoms with Gasteiger partial charge >= 0.3 is 5.97 Å². The van der Waals surface area contributed by atoms with Gasteiger partial charge in [0.05, 0.1) is 13.5 Å². The Bertz CT molecular complexity index is 190. The van der Waals surface area contributed by atoms with Crippen LogP contribution in [0.3, 0.4) is 0 Å². The van der Waals surface area contributed by atoms with Crippen molar-refractivity contribution in [1.29, 1.82) is 0 Å². The molecule has 0 spiro atoms. The number of hydrogen-bond acceptors (Lipinski definition) is 3. The Kier molecular flexibility index (Phi) is 4.39. The van der Waals surface area contributed by atoms with Gasteiger partial charge in [-0.3, -0.25) is 4.79 Å². The minimum absolute atomic E-state index is 0.135. The molecule has 3 heteroatoms. The van der Waals surface area contributed by atoms with Crippen molar-refractivity contribution in [3.05, 3.63) is 0 Å². The van der Waals surface area contributed by atoms with Crippen LogP contribution < -0.4 is 5.32 Å². The molecule has 1 fully saturated rings. The fourth-order valence-corrected chi connectivity index (χ4v) is 1.62. The van der Waals surface area contributed by atoms with Crippen LogP contribution >= 0.6 is 0 Å². The lowest BCUT2D eigenvalue weighted by atomic mass is 10.1. The van der Waals surface area contributed by atoms with Crippen LogP contribution in [-0.2, 0) is 9.53 Å². The van der Waals surface area contributed by atoms with Crippen molar-refractivity contribution in [3.8, 4) is 0 Å². The second-order valence-electron chi connectivity index (χ2n) is 4.40. The highest BCUT2D eigenvalue weighted by molar-refractivity contribution is 5.69. The third kappa shape index (κ3) is 4.09. The minimum atomic E-state index is -0.135. The molecule has 2 unspecified atom stereocenters. The number of nitrogens with one attached hydrogen (secondary N) is 1. The molecule has 0 aromatic carbocycles. The third-order valence-electron chi connectivity index (χ3n) is 2.92. The molecule has 1 rings (SSSR count). The third-order valence-corrected chi connectivity index (χ3v) is 2.92. The summed E-state index contributed by atoms with van der Waals surface area (Å²) in [5.74, 6) is 1.53. The molecule has 2 atom stereocenters. The van der Waals surface area contributed by atoms with Gasteiger partial charge in [0.1, 0.15) is 0 Å². The van der Waals surface area contributed by atoms with Crippen molar-refractivity contribution in [1.82, 2.24) is 5.32 Å². The van der Waals surface area contributed by atoms with Gasteiger partial charge in [-0.25, -0.2) is 0 Å². The predicted octanol–water partition coefficient (Wildman–Crippen LogP) is 1.57. The van der Waals surface area contributed by atoms with Gasteiger partial charge in [0, 0.05) is 6.04 Å². The molecule has 0 aromatic rings. The van der Waals surface area contributed by atoms with Crippen LogP contribution in [0.15, 0.2) is 0 Å². The Labute approximate surface area is 86.2 Å². The summed E-state index contributed by atoms with van der Waals surface area (Å²) < 4.78 is 4.61. The van der Waals surface area contributed by atoms with E-state index in [1.807, 2.05) is 6.92 Å². The van der Waals surface area contributed by atoms with E-state index in [9.17, 15) is 4.79 Å². The van der Waals surface area contributed by atoms with E-state index in [0.717, 1.165) is 18.4 Å². The van der Waals surface area contributed by atoms with Gasteiger partial charge < -0.3 is 10.1 Å². The van der Waals surface area contributed by atoms with Crippen molar-refractivity contribution in [3.63, 3.8) is 0 Å². The molecule has 3 nitrogen and oxygen atoms in total. The van der Waals surface area contributed by atoms with E-state index in [2.05, 4.69) is 17.0 Å². The van der Waals surface area contributed by atoms with Crippen molar-refractivity contribution >= 4 is 5.97 Å². The Balaban J connectivity index is 2.07. The number of ether oxygens (including phenoxy) is 1. The zero-order chi connectivity index (χ0) is 10.6. The fourth-order valence-electron chi connectivity index (χ4n) is 1.62. The molecule has 1 aliphatic carbocycles. The smallest absolute Gasteiger partial charge is 0.307 e. The van der Waals surface area contributed by atoms with E-state index in [1.165, 1.54) is 20.0 Å². The van der Waals surface area contributed by atoms with Gasteiger partial charge in [-0.2, -0.15) is 0 Å². The number of carbonyl (C=O) groups is 1. The first-order chi connectivity index (χ1) is 6.63. The summed E-state index contributed by atoms with van der Waals surface area (Å²) in [5, 5.41) is 3.37. The van der Waals surface area contributed by atoms with Crippen LogP contribution in [-0.4, -0.2) is 25.7 Å². The van der Waals surface area contributed by atoms with E-state index in [4.69, 9.17) is 0 Å².